The molecule has 2 atom stereocenters. The lowest BCUT2D eigenvalue weighted by molar-refractivity contribution is -0.154. The van der Waals surface area contributed by atoms with E-state index < -0.39 is 0 Å². The van der Waals surface area contributed by atoms with Crippen LogP contribution in [-0.4, -0.2) is 36.5 Å². The summed E-state index contributed by atoms with van der Waals surface area (Å²) in [5, 5.41) is 0. The van der Waals surface area contributed by atoms with Crippen molar-refractivity contribution in [1.29, 1.82) is 0 Å². The van der Waals surface area contributed by atoms with Gasteiger partial charge in [-0.25, -0.2) is 0 Å². The summed E-state index contributed by atoms with van der Waals surface area (Å²) in [7, 11) is 1.63. The maximum Gasteiger partial charge on any atom is 0.311 e. The molecule has 0 bridgehead atoms. The van der Waals surface area contributed by atoms with Gasteiger partial charge in [0, 0.05) is 25.9 Å². The minimum Gasteiger partial charge on any atom is -0.497 e. The number of fused-ring (bicyclic) bond motifs is 1. The van der Waals surface area contributed by atoms with Crippen LogP contribution >= 0.6 is 0 Å². The fourth-order valence-electron chi connectivity index (χ4n) is 4.06. The zero-order chi connectivity index (χ0) is 19.5. The van der Waals surface area contributed by atoms with Crippen molar-refractivity contribution < 1.29 is 19.1 Å². The van der Waals surface area contributed by atoms with Crippen LogP contribution in [0.3, 0.4) is 0 Å². The molecule has 2 aliphatic rings. The van der Waals surface area contributed by atoms with Gasteiger partial charge in [-0.2, -0.15) is 0 Å². The Bertz CT molecular complexity index is 861. The van der Waals surface area contributed by atoms with Gasteiger partial charge in [-0.3, -0.25) is 9.59 Å². The number of ether oxygens (including phenoxy) is 2. The van der Waals surface area contributed by atoms with E-state index in [4.69, 9.17) is 9.47 Å². The summed E-state index contributed by atoms with van der Waals surface area (Å²) in [5.41, 5.74) is 3.62. The predicted octanol–water partition coefficient (Wildman–Crippen LogP) is 3.14. The quantitative estimate of drug-likeness (QED) is 0.749. The number of hydrogen-bond donors (Lipinski definition) is 0. The third-order valence-corrected chi connectivity index (χ3v) is 5.66. The van der Waals surface area contributed by atoms with Crippen molar-refractivity contribution in [2.75, 3.05) is 13.7 Å². The molecule has 1 amide bonds. The van der Waals surface area contributed by atoms with Crippen LogP contribution in [-0.2, 0) is 33.7 Å². The third-order valence-electron chi connectivity index (χ3n) is 5.66. The summed E-state index contributed by atoms with van der Waals surface area (Å²) in [6, 6.07) is 16.0. The zero-order valence-electron chi connectivity index (χ0n) is 16.1. The molecule has 1 aliphatic heterocycles. The number of aryl methyl sites for hydroxylation is 1. The second kappa shape index (κ2) is 8.05. The highest BCUT2D eigenvalue weighted by Gasteiger charge is 2.36. The molecule has 0 aromatic heterocycles. The number of rotatable bonds is 5. The fraction of sp³-hybridized carbons (Fsp3) is 0.391. The van der Waals surface area contributed by atoms with E-state index in [2.05, 4.69) is 12.1 Å². The van der Waals surface area contributed by atoms with Crippen LogP contribution in [0.25, 0.3) is 0 Å². The topological polar surface area (TPSA) is 55.8 Å². The van der Waals surface area contributed by atoms with Crippen LogP contribution in [0.5, 0.6) is 5.75 Å². The molecule has 4 rings (SSSR count). The molecular weight excluding hydrogens is 354 g/mol. The molecule has 0 saturated carbocycles. The molecule has 2 aromatic rings. The van der Waals surface area contributed by atoms with Crippen molar-refractivity contribution in [3.63, 3.8) is 0 Å². The van der Waals surface area contributed by atoms with Crippen LogP contribution in [0.1, 0.15) is 29.5 Å². The van der Waals surface area contributed by atoms with Crippen molar-refractivity contribution >= 4 is 11.9 Å². The first kappa shape index (κ1) is 18.5. The Morgan fingerprint density at radius 3 is 2.57 bits per heavy atom. The largest absolute Gasteiger partial charge is 0.497 e. The molecule has 0 spiro atoms. The monoisotopic (exact) mass is 379 g/mol. The van der Waals surface area contributed by atoms with Gasteiger partial charge < -0.3 is 14.4 Å². The van der Waals surface area contributed by atoms with Crippen molar-refractivity contribution in [2.24, 2.45) is 5.92 Å². The van der Waals surface area contributed by atoms with E-state index in [1.54, 1.807) is 12.0 Å². The van der Waals surface area contributed by atoms with E-state index in [0.717, 1.165) is 30.6 Å². The van der Waals surface area contributed by atoms with Gasteiger partial charge in [-0.05, 0) is 41.7 Å². The molecule has 1 heterocycles. The number of carbonyl (C=O) groups is 2. The van der Waals surface area contributed by atoms with Crippen molar-refractivity contribution in [1.82, 2.24) is 4.90 Å². The first-order valence-corrected chi connectivity index (χ1v) is 9.80. The molecule has 28 heavy (non-hydrogen) atoms. The summed E-state index contributed by atoms with van der Waals surface area (Å²) < 4.78 is 10.9. The van der Waals surface area contributed by atoms with Gasteiger partial charge in [-0.15, -0.1) is 0 Å². The Morgan fingerprint density at radius 1 is 1.07 bits per heavy atom. The SMILES string of the molecule is COc1ccc(CN2CC(C(=O)OC3CCc4ccccc4C3)CC2=O)cc1. The summed E-state index contributed by atoms with van der Waals surface area (Å²) in [5.74, 6) is 0.177. The second-order valence-electron chi connectivity index (χ2n) is 7.59. The lowest BCUT2D eigenvalue weighted by Gasteiger charge is -2.25. The standard InChI is InChI=1S/C23H25NO4/c1-27-20-9-6-16(7-10-20)14-24-15-19(13-22(24)25)23(26)28-21-11-8-17-4-2-3-5-18(17)12-21/h2-7,9-10,19,21H,8,11-15H2,1H3. The number of benzene rings is 2. The van der Waals surface area contributed by atoms with Gasteiger partial charge in [-0.1, -0.05) is 36.4 Å². The van der Waals surface area contributed by atoms with E-state index in [0.29, 0.717) is 13.1 Å². The van der Waals surface area contributed by atoms with Crippen LogP contribution in [0.2, 0.25) is 0 Å². The molecule has 1 aliphatic carbocycles. The van der Waals surface area contributed by atoms with Gasteiger partial charge in [0.25, 0.3) is 0 Å². The average Bonchev–Trinajstić information content (AvgIpc) is 3.09. The summed E-state index contributed by atoms with van der Waals surface area (Å²) >= 11 is 0. The number of hydrogen-bond acceptors (Lipinski definition) is 4. The zero-order valence-corrected chi connectivity index (χ0v) is 16.1. The number of carbonyl (C=O) groups excluding carboxylic acids is 2. The van der Waals surface area contributed by atoms with Crippen molar-refractivity contribution in [3.05, 3.63) is 65.2 Å². The van der Waals surface area contributed by atoms with Crippen LogP contribution in [0.4, 0.5) is 0 Å². The molecule has 146 valence electrons. The van der Waals surface area contributed by atoms with E-state index in [-0.39, 0.29) is 30.3 Å². The Morgan fingerprint density at radius 2 is 1.82 bits per heavy atom. The minimum atomic E-state index is -0.372. The summed E-state index contributed by atoms with van der Waals surface area (Å²) in [6.45, 7) is 0.927. The van der Waals surface area contributed by atoms with E-state index in [1.165, 1.54) is 11.1 Å². The number of amides is 1. The Kier molecular flexibility index (Phi) is 5.33. The van der Waals surface area contributed by atoms with Gasteiger partial charge in [0.05, 0.1) is 13.0 Å². The number of methoxy groups -OCH3 is 1. The van der Waals surface area contributed by atoms with Gasteiger partial charge in [0.15, 0.2) is 0 Å². The normalized spacial score (nSPS) is 21.3. The van der Waals surface area contributed by atoms with Crippen LogP contribution in [0.15, 0.2) is 48.5 Å². The van der Waals surface area contributed by atoms with Crippen molar-refractivity contribution in [2.45, 2.75) is 38.3 Å². The maximum absolute atomic E-state index is 12.6. The first-order valence-electron chi connectivity index (χ1n) is 9.80. The number of esters is 1. The first-order chi connectivity index (χ1) is 13.6. The van der Waals surface area contributed by atoms with Crippen LogP contribution in [0, 0.1) is 5.92 Å². The highest BCUT2D eigenvalue weighted by Crippen LogP contribution is 2.26. The highest BCUT2D eigenvalue weighted by atomic mass is 16.5. The van der Waals surface area contributed by atoms with Crippen LogP contribution < -0.4 is 4.74 Å². The van der Waals surface area contributed by atoms with E-state index >= 15 is 0 Å². The molecule has 1 fully saturated rings. The molecule has 2 unspecified atom stereocenters. The lowest BCUT2D eigenvalue weighted by atomic mass is 9.90. The number of likely N-dealkylation sites (tertiary alicyclic amines) is 1. The summed E-state index contributed by atoms with van der Waals surface area (Å²) in [4.78, 5) is 26.7. The smallest absolute Gasteiger partial charge is 0.311 e. The molecule has 1 saturated heterocycles. The summed E-state index contributed by atoms with van der Waals surface area (Å²) in [6.07, 6.45) is 2.68. The molecule has 5 nitrogen and oxygen atoms in total. The fourth-order valence-corrected chi connectivity index (χ4v) is 4.06. The number of nitrogens with zero attached hydrogens (tertiary/aromatic N) is 1. The molecule has 5 heteroatoms. The molecule has 0 radical (unpaired) electrons. The predicted molar refractivity (Wildman–Crippen MR) is 105 cm³/mol. The minimum absolute atomic E-state index is 0.00626. The molecule has 0 N–H and O–H groups in total. The Balaban J connectivity index is 1.32. The van der Waals surface area contributed by atoms with Crippen molar-refractivity contribution in [3.8, 4) is 5.75 Å². The molecule has 2 aromatic carbocycles. The van der Waals surface area contributed by atoms with Gasteiger partial charge >= 0.3 is 5.97 Å². The Hall–Kier alpha value is -2.82. The van der Waals surface area contributed by atoms with Gasteiger partial charge in [0.2, 0.25) is 5.91 Å². The maximum atomic E-state index is 12.6. The third kappa shape index (κ3) is 4.03. The van der Waals surface area contributed by atoms with E-state index in [1.807, 2.05) is 36.4 Å². The lowest BCUT2D eigenvalue weighted by Crippen LogP contribution is -2.30. The van der Waals surface area contributed by atoms with Gasteiger partial charge in [0.1, 0.15) is 11.9 Å². The molecular formula is C23H25NO4. The second-order valence-corrected chi connectivity index (χ2v) is 7.59. The van der Waals surface area contributed by atoms with E-state index in [9.17, 15) is 9.59 Å². The highest BCUT2D eigenvalue weighted by molar-refractivity contribution is 5.86. The Labute approximate surface area is 165 Å². The average molecular weight is 379 g/mol.